The van der Waals surface area contributed by atoms with Crippen molar-refractivity contribution >= 4 is 219 Å². The van der Waals surface area contributed by atoms with Crippen molar-refractivity contribution in [2.24, 2.45) is 0 Å². The van der Waals surface area contributed by atoms with Gasteiger partial charge in [-0.3, -0.25) is 0 Å². The average molecular weight is 2200 g/mol. The lowest BCUT2D eigenvalue weighted by atomic mass is 9.80. The monoisotopic (exact) mass is 2200 g/mol. The van der Waals surface area contributed by atoms with Crippen molar-refractivity contribution in [1.82, 2.24) is 54.1 Å². The van der Waals surface area contributed by atoms with Crippen molar-refractivity contribution in [1.29, 1.82) is 0 Å². The number of aromatic nitrogens is 8. The van der Waals surface area contributed by atoms with E-state index in [9.17, 15) is 58.9 Å². The fourth-order valence-corrected chi connectivity index (χ4v) is 25.3. The minimum atomic E-state index is -3.98. The second-order valence-corrected chi connectivity index (χ2v) is 49.7. The van der Waals surface area contributed by atoms with Crippen LogP contribution in [-0.4, -0.2) is 204 Å². The lowest BCUT2D eigenvalue weighted by Gasteiger charge is -2.12. The van der Waals surface area contributed by atoms with Gasteiger partial charge in [0.1, 0.15) is 5.65 Å². The highest BCUT2D eigenvalue weighted by Gasteiger charge is 2.31. The standard InChI is InChI=1S/C26H23N3O4S3.C22H20ClN3O4S2.C19H17N3O2S2.C14H10ClIN2O2S.C8H12BNO4S.C4H5BO2S/c1-18-7-9-21(10-8-18)36(32,33)29-16-24(19-5-4-6-22(15-19)35(30,31)28(2)3)25-23(11-13-27-26(25)29)20-12-14-34-17-20;1-15-7-9-17(10-8-15)32(29,30)26-14-19(21-20(23)11-12-24-22(21)26)16-5-4-6-18(13-16)31(27,28)25(2)3;1-22(2)26(23,24)15-5-3-4-13(10-15)17-11-21-19-18(17)16(6-8-20-19)14-7-9-25-12-14;1-9-2-4-10(5-3-9)21(19,20)18-8-12(16)13-11(15)6-7-17-14(13)18;1-10(2)15(13,14)8-5-3-4-7(6-8)9(11)12;6-5(7)4-1-2-8-3-4/h4-17H,1-3H3;4-14H,1-3H3;3-12H,1-2H3,(H,20,21);2-8H,1H3;3-6,11-12H,1-2H3;1-3,6-7H. The molecule has 0 radical (unpaired) electrons. The van der Waals surface area contributed by atoms with Gasteiger partial charge in [-0.2, -0.15) is 34.0 Å². The normalized spacial score (nSPS) is 12.1. The Hall–Kier alpha value is -10.8. The molecule has 18 rings (SSSR count). The summed E-state index contributed by atoms with van der Waals surface area (Å²) in [6.07, 6.45) is 12.7. The maximum absolute atomic E-state index is 13.7. The van der Waals surface area contributed by atoms with Gasteiger partial charge in [-0.15, -0.1) is 0 Å². The Kier molecular flexibility index (Phi) is 32.6. The summed E-state index contributed by atoms with van der Waals surface area (Å²) in [7, 11) is -17.2. The summed E-state index contributed by atoms with van der Waals surface area (Å²) >= 11 is 19.3. The van der Waals surface area contributed by atoms with Crippen LogP contribution in [-0.2, 0) is 70.2 Å². The van der Waals surface area contributed by atoms with Crippen LogP contribution >= 0.6 is 79.8 Å². The number of fused-ring (bicyclic) bond motifs is 4. The number of rotatable bonds is 21. The van der Waals surface area contributed by atoms with Crippen LogP contribution in [0.1, 0.15) is 16.7 Å². The number of nitrogens with one attached hydrogen (secondary N) is 1. The quantitative estimate of drug-likeness (QED) is 0.0329. The third kappa shape index (κ3) is 22.5. The first-order chi connectivity index (χ1) is 65.2. The number of hydrogen-bond acceptors (Lipinski definition) is 25. The largest absolute Gasteiger partial charge is 0.489 e. The molecule has 7 aromatic carbocycles. The van der Waals surface area contributed by atoms with Gasteiger partial charge in [0.2, 0.25) is 40.1 Å². The molecule has 0 amide bonds. The van der Waals surface area contributed by atoms with Gasteiger partial charge in [-0.05, 0) is 247 Å². The number of sulfonamides is 4. The third-order valence-electron chi connectivity index (χ3n) is 21.3. The summed E-state index contributed by atoms with van der Waals surface area (Å²) in [5.41, 5.74) is 13.0. The molecule has 45 heteroatoms. The zero-order valence-electron chi connectivity index (χ0n) is 75.1. The summed E-state index contributed by atoms with van der Waals surface area (Å²) in [5, 5.41) is 49.8. The Morgan fingerprint density at radius 1 is 0.333 bits per heavy atom. The first kappa shape index (κ1) is 105. The average Bonchev–Trinajstić information content (AvgIpc) is 2.08. The van der Waals surface area contributed by atoms with Crippen molar-refractivity contribution in [2.45, 2.75) is 55.0 Å². The van der Waals surface area contributed by atoms with Gasteiger partial charge in [0, 0.05) is 142 Å². The van der Waals surface area contributed by atoms with Crippen molar-refractivity contribution in [3.63, 3.8) is 0 Å². The highest BCUT2D eigenvalue weighted by molar-refractivity contribution is 14.1. The first-order valence-electron chi connectivity index (χ1n) is 41.0. The fraction of sp³-hybridized carbons (Fsp3) is 0.118. The number of pyridine rings is 4. The third-order valence-corrected chi connectivity index (χ3v) is 37.1. The van der Waals surface area contributed by atoms with Gasteiger partial charge in [-0.25, -0.2) is 108 Å². The van der Waals surface area contributed by atoms with Crippen molar-refractivity contribution < 1.29 is 79.0 Å². The predicted molar refractivity (Wildman–Crippen MR) is 556 cm³/mol. The van der Waals surface area contributed by atoms with Crippen molar-refractivity contribution in [3.8, 4) is 55.6 Å². The molecule has 5 N–H and O–H groups in total. The summed E-state index contributed by atoms with van der Waals surface area (Å²) in [4.78, 5) is 21.5. The molecule has 0 atom stereocenters. The van der Waals surface area contributed by atoms with Gasteiger partial charge in [-0.1, -0.05) is 131 Å². The van der Waals surface area contributed by atoms with Crippen LogP contribution in [0.2, 0.25) is 10.0 Å². The molecule has 0 aliphatic heterocycles. The van der Waals surface area contributed by atoms with E-state index in [1.807, 2.05) is 67.4 Å². The number of hydrogen-bond donors (Lipinski definition) is 5. The molecule has 0 unspecified atom stereocenters. The first-order valence-corrected chi connectivity index (χ1v) is 55.7. The maximum Gasteiger partial charge on any atom is 0.489 e. The summed E-state index contributed by atoms with van der Waals surface area (Å²) in [5.74, 6) is 0. The van der Waals surface area contributed by atoms with E-state index < -0.39 is 84.4 Å². The van der Waals surface area contributed by atoms with Gasteiger partial charge in [0.15, 0.2) is 16.9 Å². The molecule has 0 aliphatic carbocycles. The molecule has 0 aliphatic rings. The van der Waals surface area contributed by atoms with Crippen molar-refractivity contribution in [3.05, 3.63) is 324 Å². The minimum absolute atomic E-state index is 0.0399. The van der Waals surface area contributed by atoms with Gasteiger partial charge < -0.3 is 25.1 Å². The number of thiophene rings is 3. The number of benzene rings is 7. The van der Waals surface area contributed by atoms with E-state index in [2.05, 4.69) is 59.0 Å². The number of aryl methyl sites for hydroxylation is 3. The Balaban J connectivity index is 0.000000146. The van der Waals surface area contributed by atoms with Crippen LogP contribution < -0.4 is 10.9 Å². The van der Waals surface area contributed by atoms with E-state index >= 15 is 0 Å². The van der Waals surface area contributed by atoms with E-state index in [1.54, 1.807) is 168 Å². The summed E-state index contributed by atoms with van der Waals surface area (Å²) < 4.78 is 188. The van der Waals surface area contributed by atoms with Crippen LogP contribution in [0.4, 0.5) is 0 Å². The SMILES string of the molecule is CN(C)S(=O)(=O)c1cccc(-c2c[nH]c3nccc(-c4ccsc4)c23)c1.CN(C)S(=O)(=O)c1cccc(B(O)O)c1.Cc1ccc(S(=O)(=O)n2cc(-c3cccc(S(=O)(=O)N(C)C)c3)c3c(-c4ccsc4)ccnc32)cc1.Cc1ccc(S(=O)(=O)n2cc(-c3cccc(S(=O)(=O)N(C)C)c3)c3c(Cl)ccnc32)cc1.Cc1ccc(S(=O)(=O)n2cc(I)c3c(Cl)ccnc32)cc1.OB(O)c1ccsc1. The van der Waals surface area contributed by atoms with Gasteiger partial charge in [0.05, 0.1) is 49.7 Å². The van der Waals surface area contributed by atoms with Crippen LogP contribution in [0.5, 0.6) is 0 Å². The number of nitrogens with zero attached hydrogens (tertiary/aromatic N) is 11. The van der Waals surface area contributed by atoms with Crippen LogP contribution in [0.3, 0.4) is 0 Å². The van der Waals surface area contributed by atoms with Crippen LogP contribution in [0, 0.1) is 24.3 Å². The second kappa shape index (κ2) is 43.1. The van der Waals surface area contributed by atoms with E-state index in [0.717, 1.165) is 81.6 Å². The Morgan fingerprint density at radius 2 is 0.667 bits per heavy atom. The zero-order chi connectivity index (χ0) is 100. The summed E-state index contributed by atoms with van der Waals surface area (Å²) in [6.45, 7) is 5.67. The molecular formula is C93H87B2Cl2IN12O18S10. The van der Waals surface area contributed by atoms with Crippen LogP contribution in [0.25, 0.3) is 99.8 Å². The molecule has 11 aromatic heterocycles. The molecular weight excluding hydrogens is 2110 g/mol. The lowest BCUT2D eigenvalue weighted by molar-refractivity contribution is 0.424. The molecule has 0 saturated heterocycles. The molecule has 0 fully saturated rings. The van der Waals surface area contributed by atoms with Gasteiger partial charge >= 0.3 is 14.2 Å². The molecule has 30 nitrogen and oxygen atoms in total. The van der Waals surface area contributed by atoms with Crippen LogP contribution in [0.15, 0.2) is 328 Å². The predicted octanol–water partition coefficient (Wildman–Crippen LogP) is 15.5. The van der Waals surface area contributed by atoms with E-state index in [1.165, 1.54) is 171 Å². The smallest absolute Gasteiger partial charge is 0.423 e. The summed E-state index contributed by atoms with van der Waals surface area (Å²) in [6, 6.07) is 58.0. The highest BCUT2D eigenvalue weighted by Crippen LogP contribution is 2.43. The van der Waals surface area contributed by atoms with E-state index in [-0.39, 0.29) is 51.0 Å². The Morgan fingerprint density at radius 3 is 1.04 bits per heavy atom. The van der Waals surface area contributed by atoms with Crippen molar-refractivity contribution in [2.75, 3.05) is 56.4 Å². The Bertz CT molecular complexity index is 8380. The maximum atomic E-state index is 13.7. The molecule has 0 spiro atoms. The lowest BCUT2D eigenvalue weighted by Crippen LogP contribution is -2.31. The molecule has 138 heavy (non-hydrogen) atoms. The minimum Gasteiger partial charge on any atom is -0.423 e. The topological polar surface area (TPSA) is 415 Å². The second-order valence-electron chi connectivity index (χ2n) is 31.4. The molecule has 18 aromatic rings. The fourth-order valence-electron chi connectivity index (χ4n) is 13.9. The zero-order valence-corrected chi connectivity index (χ0v) is 86.9. The molecule has 0 bridgehead atoms. The van der Waals surface area contributed by atoms with Gasteiger partial charge in [0.25, 0.3) is 30.1 Å². The van der Waals surface area contributed by atoms with E-state index in [0.29, 0.717) is 59.6 Å². The molecule has 714 valence electrons. The number of halogens is 3. The number of H-pyrrole nitrogens is 1. The highest BCUT2D eigenvalue weighted by atomic mass is 127. The molecule has 11 heterocycles. The number of aromatic amines is 1. The van der Waals surface area contributed by atoms with E-state index in [4.69, 9.17) is 43.3 Å². The molecule has 0 saturated carbocycles. The Labute approximate surface area is 835 Å².